The summed E-state index contributed by atoms with van der Waals surface area (Å²) in [5.74, 6) is 0.339. The predicted octanol–water partition coefficient (Wildman–Crippen LogP) is 2.79. The van der Waals surface area contributed by atoms with Crippen molar-refractivity contribution in [2.24, 2.45) is 0 Å². The predicted molar refractivity (Wildman–Crippen MR) is 69.6 cm³/mol. The van der Waals surface area contributed by atoms with Gasteiger partial charge in [0, 0.05) is 17.4 Å². The van der Waals surface area contributed by atoms with Crippen molar-refractivity contribution in [3.63, 3.8) is 0 Å². The second-order valence-corrected chi connectivity index (χ2v) is 4.64. The van der Waals surface area contributed by atoms with E-state index in [1.165, 1.54) is 6.07 Å². The average Bonchev–Trinajstić information content (AvgIpc) is 2.81. The Balaban J connectivity index is 2.16. The minimum absolute atomic E-state index is 0.209. The van der Waals surface area contributed by atoms with Gasteiger partial charge in [0.1, 0.15) is 5.82 Å². The molecule has 0 radical (unpaired) electrons. The third kappa shape index (κ3) is 3.14. The van der Waals surface area contributed by atoms with Crippen LogP contribution in [0.15, 0.2) is 27.1 Å². The molecule has 2 rings (SSSR count). The van der Waals surface area contributed by atoms with Crippen LogP contribution < -0.4 is 5.32 Å². The van der Waals surface area contributed by atoms with E-state index in [0.29, 0.717) is 17.9 Å². The van der Waals surface area contributed by atoms with E-state index in [1.807, 2.05) is 6.92 Å². The summed E-state index contributed by atoms with van der Waals surface area (Å²) in [7, 11) is 0. The van der Waals surface area contributed by atoms with Crippen molar-refractivity contribution < 1.29 is 8.81 Å². The summed E-state index contributed by atoms with van der Waals surface area (Å²) in [6.45, 7) is 3.68. The molecule has 0 saturated carbocycles. The summed E-state index contributed by atoms with van der Waals surface area (Å²) in [5.41, 5.74) is 0.312. The van der Waals surface area contributed by atoms with E-state index in [9.17, 15) is 4.39 Å². The summed E-state index contributed by atoms with van der Waals surface area (Å²) in [4.78, 5) is 0. The fourth-order valence-electron chi connectivity index (χ4n) is 1.50. The maximum atomic E-state index is 13.6. The van der Waals surface area contributed by atoms with Crippen molar-refractivity contribution >= 4 is 15.9 Å². The van der Waals surface area contributed by atoms with Crippen LogP contribution in [0, 0.1) is 5.82 Å². The Morgan fingerprint density at radius 2 is 2.22 bits per heavy atom. The van der Waals surface area contributed by atoms with Gasteiger partial charge in [0.2, 0.25) is 5.89 Å². The first kappa shape index (κ1) is 13.2. The SMILES string of the molecule is CCNCCc1nnc(-c2cc(Br)ccc2F)o1. The van der Waals surface area contributed by atoms with E-state index in [2.05, 4.69) is 31.4 Å². The number of benzene rings is 1. The molecule has 0 unspecified atom stereocenters. The topological polar surface area (TPSA) is 51.0 Å². The fraction of sp³-hybridized carbons (Fsp3) is 0.333. The Bertz CT molecular complexity index is 530. The molecule has 1 aromatic carbocycles. The Kier molecular flexibility index (Phi) is 4.43. The molecule has 0 spiro atoms. The summed E-state index contributed by atoms with van der Waals surface area (Å²) in [5, 5.41) is 10.9. The van der Waals surface area contributed by atoms with Crippen LogP contribution in [0.3, 0.4) is 0 Å². The van der Waals surface area contributed by atoms with Crippen LogP contribution in [-0.2, 0) is 6.42 Å². The lowest BCUT2D eigenvalue weighted by Gasteiger charge is -1.98. The maximum absolute atomic E-state index is 13.6. The molecule has 0 fully saturated rings. The lowest BCUT2D eigenvalue weighted by molar-refractivity contribution is 0.493. The molecule has 6 heteroatoms. The number of nitrogens with one attached hydrogen (secondary N) is 1. The molecule has 4 nitrogen and oxygen atoms in total. The van der Waals surface area contributed by atoms with Gasteiger partial charge in [0.25, 0.3) is 5.89 Å². The van der Waals surface area contributed by atoms with E-state index in [1.54, 1.807) is 12.1 Å². The molecule has 1 heterocycles. The Labute approximate surface area is 113 Å². The first-order valence-electron chi connectivity index (χ1n) is 5.69. The quantitative estimate of drug-likeness (QED) is 0.862. The monoisotopic (exact) mass is 313 g/mol. The molecule has 1 aromatic heterocycles. The zero-order valence-electron chi connectivity index (χ0n) is 9.91. The summed E-state index contributed by atoms with van der Waals surface area (Å²) in [6.07, 6.45) is 0.635. The fourth-order valence-corrected chi connectivity index (χ4v) is 1.86. The van der Waals surface area contributed by atoms with Crippen LogP contribution >= 0.6 is 15.9 Å². The van der Waals surface area contributed by atoms with Crippen LogP contribution in [0.25, 0.3) is 11.5 Å². The highest BCUT2D eigenvalue weighted by Crippen LogP contribution is 2.25. The standard InChI is InChI=1S/C12H13BrFN3O/c1-2-15-6-5-11-16-17-12(18-11)9-7-8(13)3-4-10(9)14/h3-4,7,15H,2,5-6H2,1H3. The first-order chi connectivity index (χ1) is 8.70. The number of hydrogen-bond donors (Lipinski definition) is 1. The summed E-state index contributed by atoms with van der Waals surface area (Å²) < 4.78 is 19.8. The van der Waals surface area contributed by atoms with Crippen LogP contribution in [-0.4, -0.2) is 23.3 Å². The van der Waals surface area contributed by atoms with Crippen LogP contribution in [0.4, 0.5) is 4.39 Å². The summed E-state index contributed by atoms with van der Waals surface area (Å²) in [6, 6.07) is 4.61. The molecule has 2 aromatic rings. The number of halogens is 2. The Morgan fingerprint density at radius 3 is 3.00 bits per heavy atom. The van der Waals surface area contributed by atoms with E-state index in [-0.39, 0.29) is 11.7 Å². The van der Waals surface area contributed by atoms with Gasteiger partial charge in [-0.15, -0.1) is 10.2 Å². The molecule has 0 amide bonds. The highest BCUT2D eigenvalue weighted by atomic mass is 79.9. The maximum Gasteiger partial charge on any atom is 0.250 e. The smallest absolute Gasteiger partial charge is 0.250 e. The highest BCUT2D eigenvalue weighted by Gasteiger charge is 2.13. The van der Waals surface area contributed by atoms with Gasteiger partial charge in [-0.2, -0.15) is 0 Å². The number of hydrogen-bond acceptors (Lipinski definition) is 4. The van der Waals surface area contributed by atoms with Gasteiger partial charge in [0.15, 0.2) is 0 Å². The number of aromatic nitrogens is 2. The number of rotatable bonds is 5. The minimum Gasteiger partial charge on any atom is -0.421 e. The molecule has 0 saturated heterocycles. The average molecular weight is 314 g/mol. The van der Waals surface area contributed by atoms with Gasteiger partial charge in [-0.25, -0.2) is 4.39 Å². The zero-order valence-corrected chi connectivity index (χ0v) is 11.5. The Morgan fingerprint density at radius 1 is 1.39 bits per heavy atom. The van der Waals surface area contributed by atoms with Crippen molar-refractivity contribution in [3.05, 3.63) is 34.4 Å². The molecular formula is C12H13BrFN3O. The normalized spacial score (nSPS) is 10.8. The van der Waals surface area contributed by atoms with Gasteiger partial charge in [-0.3, -0.25) is 0 Å². The Hall–Kier alpha value is -1.27. The van der Waals surface area contributed by atoms with E-state index < -0.39 is 0 Å². The molecule has 0 atom stereocenters. The number of likely N-dealkylation sites (N-methyl/N-ethyl adjacent to an activating group) is 1. The second kappa shape index (κ2) is 6.06. The lowest BCUT2D eigenvalue weighted by Crippen LogP contribution is -2.16. The zero-order chi connectivity index (χ0) is 13.0. The molecule has 0 aliphatic carbocycles. The van der Waals surface area contributed by atoms with Gasteiger partial charge in [0.05, 0.1) is 5.56 Å². The van der Waals surface area contributed by atoms with E-state index in [0.717, 1.165) is 17.6 Å². The molecule has 96 valence electrons. The van der Waals surface area contributed by atoms with E-state index >= 15 is 0 Å². The van der Waals surface area contributed by atoms with Crippen molar-refractivity contribution in [1.82, 2.24) is 15.5 Å². The lowest BCUT2D eigenvalue weighted by atomic mass is 10.2. The molecule has 0 aliphatic rings. The summed E-state index contributed by atoms with van der Waals surface area (Å²) >= 11 is 3.29. The van der Waals surface area contributed by atoms with Crippen molar-refractivity contribution in [2.45, 2.75) is 13.3 Å². The van der Waals surface area contributed by atoms with Gasteiger partial charge >= 0.3 is 0 Å². The van der Waals surface area contributed by atoms with E-state index in [4.69, 9.17) is 4.42 Å². The van der Waals surface area contributed by atoms with Crippen LogP contribution in [0.1, 0.15) is 12.8 Å². The van der Waals surface area contributed by atoms with Crippen LogP contribution in [0.5, 0.6) is 0 Å². The van der Waals surface area contributed by atoms with Crippen LogP contribution in [0.2, 0.25) is 0 Å². The molecule has 1 N–H and O–H groups in total. The van der Waals surface area contributed by atoms with Crippen molar-refractivity contribution in [2.75, 3.05) is 13.1 Å². The van der Waals surface area contributed by atoms with Gasteiger partial charge < -0.3 is 9.73 Å². The molecule has 0 bridgehead atoms. The van der Waals surface area contributed by atoms with Crippen molar-refractivity contribution in [1.29, 1.82) is 0 Å². The molecule has 18 heavy (non-hydrogen) atoms. The number of nitrogens with zero attached hydrogens (tertiary/aromatic N) is 2. The highest BCUT2D eigenvalue weighted by molar-refractivity contribution is 9.10. The molecular weight excluding hydrogens is 301 g/mol. The van der Waals surface area contributed by atoms with Gasteiger partial charge in [-0.05, 0) is 24.7 Å². The third-order valence-electron chi connectivity index (χ3n) is 2.39. The first-order valence-corrected chi connectivity index (χ1v) is 6.48. The molecule has 0 aliphatic heterocycles. The van der Waals surface area contributed by atoms with Crippen molar-refractivity contribution in [3.8, 4) is 11.5 Å². The minimum atomic E-state index is -0.375. The second-order valence-electron chi connectivity index (χ2n) is 3.73. The largest absolute Gasteiger partial charge is 0.421 e. The third-order valence-corrected chi connectivity index (χ3v) is 2.88. The van der Waals surface area contributed by atoms with Gasteiger partial charge in [-0.1, -0.05) is 22.9 Å².